The van der Waals surface area contributed by atoms with Gasteiger partial charge in [-0.05, 0) is 12.0 Å². The predicted molar refractivity (Wildman–Crippen MR) is 60.8 cm³/mol. The van der Waals surface area contributed by atoms with Gasteiger partial charge in [-0.3, -0.25) is 4.79 Å². The van der Waals surface area contributed by atoms with Gasteiger partial charge in [0.15, 0.2) is 15.1 Å². The van der Waals surface area contributed by atoms with Gasteiger partial charge in [0.2, 0.25) is 0 Å². The molecule has 0 amide bonds. The second-order valence-electron chi connectivity index (χ2n) is 3.53. The third kappa shape index (κ3) is 3.06. The van der Waals surface area contributed by atoms with Gasteiger partial charge in [0.05, 0.1) is 5.75 Å². The minimum atomic E-state index is -3.62. The number of hydrogen-bond acceptors (Lipinski definition) is 3. The van der Waals surface area contributed by atoms with Crippen molar-refractivity contribution in [3.63, 3.8) is 0 Å². The highest BCUT2D eigenvalue weighted by Crippen LogP contribution is 2.13. The number of hydrogen-bond donors (Lipinski definition) is 1. The van der Waals surface area contributed by atoms with E-state index in [0.717, 1.165) is 0 Å². The molecule has 0 aromatic heterocycles. The SMILES string of the molecule is CCC(C(=O)O)S(=O)(=O)Cc1ccccc1. The molecule has 0 aliphatic rings. The third-order valence-corrected chi connectivity index (χ3v) is 4.43. The van der Waals surface area contributed by atoms with Crippen LogP contribution in [0, 0.1) is 0 Å². The van der Waals surface area contributed by atoms with Gasteiger partial charge in [-0.2, -0.15) is 0 Å². The molecular weight excluding hydrogens is 228 g/mol. The van der Waals surface area contributed by atoms with Gasteiger partial charge in [-0.25, -0.2) is 8.42 Å². The highest BCUT2D eigenvalue weighted by Gasteiger charge is 2.30. The van der Waals surface area contributed by atoms with Crippen LogP contribution in [0.5, 0.6) is 0 Å². The molecule has 0 radical (unpaired) electrons. The summed E-state index contributed by atoms with van der Waals surface area (Å²) in [5.74, 6) is -1.50. The molecular formula is C11H14O4S. The fourth-order valence-electron chi connectivity index (χ4n) is 1.49. The molecule has 0 spiro atoms. The van der Waals surface area contributed by atoms with Gasteiger partial charge >= 0.3 is 5.97 Å². The number of carboxylic acid groups (broad SMARTS) is 1. The molecule has 0 aliphatic carbocycles. The topological polar surface area (TPSA) is 71.4 Å². The fourth-order valence-corrected chi connectivity index (χ4v) is 3.16. The highest BCUT2D eigenvalue weighted by molar-refractivity contribution is 7.92. The lowest BCUT2D eigenvalue weighted by Gasteiger charge is -2.11. The van der Waals surface area contributed by atoms with Gasteiger partial charge in [-0.15, -0.1) is 0 Å². The number of carbonyl (C=O) groups is 1. The zero-order chi connectivity index (χ0) is 12.2. The molecule has 0 aliphatic heterocycles. The molecule has 5 heteroatoms. The molecule has 0 bridgehead atoms. The molecule has 0 saturated carbocycles. The second-order valence-corrected chi connectivity index (χ2v) is 5.71. The van der Waals surface area contributed by atoms with E-state index in [0.29, 0.717) is 5.56 Å². The van der Waals surface area contributed by atoms with E-state index in [1.807, 2.05) is 0 Å². The molecule has 16 heavy (non-hydrogen) atoms. The third-order valence-electron chi connectivity index (χ3n) is 2.29. The van der Waals surface area contributed by atoms with Crippen LogP contribution in [0.1, 0.15) is 18.9 Å². The molecule has 1 aromatic carbocycles. The second kappa shape index (κ2) is 5.12. The van der Waals surface area contributed by atoms with Crippen LogP contribution in [-0.2, 0) is 20.4 Å². The Morgan fingerprint density at radius 1 is 1.31 bits per heavy atom. The lowest BCUT2D eigenvalue weighted by Crippen LogP contribution is -2.30. The average Bonchev–Trinajstić information content (AvgIpc) is 2.18. The van der Waals surface area contributed by atoms with Crippen molar-refractivity contribution in [2.75, 3.05) is 0 Å². The van der Waals surface area contributed by atoms with Gasteiger partial charge in [0.25, 0.3) is 0 Å². The Kier molecular flexibility index (Phi) is 4.06. The Bertz CT molecular complexity index is 450. The van der Waals surface area contributed by atoms with E-state index >= 15 is 0 Å². The van der Waals surface area contributed by atoms with Crippen LogP contribution >= 0.6 is 0 Å². The normalized spacial score (nSPS) is 13.3. The molecule has 4 nitrogen and oxygen atoms in total. The van der Waals surface area contributed by atoms with Gasteiger partial charge < -0.3 is 5.11 Å². The number of aliphatic carboxylic acids is 1. The quantitative estimate of drug-likeness (QED) is 0.848. The minimum absolute atomic E-state index is 0.0878. The van der Waals surface area contributed by atoms with Crippen molar-refractivity contribution in [2.45, 2.75) is 24.3 Å². The number of carboxylic acids is 1. The summed E-state index contributed by atoms with van der Waals surface area (Å²) >= 11 is 0. The van der Waals surface area contributed by atoms with E-state index in [2.05, 4.69) is 0 Å². The van der Waals surface area contributed by atoms with Crippen molar-refractivity contribution in [3.05, 3.63) is 35.9 Å². The Balaban J connectivity index is 2.91. The number of benzene rings is 1. The molecule has 1 rings (SSSR count). The maximum absolute atomic E-state index is 11.8. The number of sulfone groups is 1. The van der Waals surface area contributed by atoms with E-state index in [1.54, 1.807) is 37.3 Å². The van der Waals surface area contributed by atoms with Crippen molar-refractivity contribution in [1.29, 1.82) is 0 Å². The molecule has 1 unspecified atom stereocenters. The lowest BCUT2D eigenvalue weighted by molar-refractivity contribution is -0.136. The summed E-state index contributed by atoms with van der Waals surface area (Å²) in [7, 11) is -3.62. The van der Waals surface area contributed by atoms with Crippen molar-refractivity contribution in [1.82, 2.24) is 0 Å². The first-order chi connectivity index (χ1) is 7.47. The fraction of sp³-hybridized carbons (Fsp3) is 0.364. The molecule has 88 valence electrons. The molecule has 0 saturated heterocycles. The molecule has 0 fully saturated rings. The van der Waals surface area contributed by atoms with Crippen LogP contribution in [0.4, 0.5) is 0 Å². The summed E-state index contributed by atoms with van der Waals surface area (Å²) < 4.78 is 23.6. The first-order valence-electron chi connectivity index (χ1n) is 4.95. The first-order valence-corrected chi connectivity index (χ1v) is 6.67. The maximum atomic E-state index is 11.8. The molecule has 0 heterocycles. The summed E-state index contributed by atoms with van der Waals surface area (Å²) in [6.45, 7) is 1.56. The molecule has 1 N–H and O–H groups in total. The van der Waals surface area contributed by atoms with Crippen molar-refractivity contribution >= 4 is 15.8 Å². The van der Waals surface area contributed by atoms with Crippen LogP contribution in [0.25, 0.3) is 0 Å². The predicted octanol–water partition coefficient (Wildman–Crippen LogP) is 1.46. The van der Waals surface area contributed by atoms with Crippen LogP contribution in [-0.4, -0.2) is 24.7 Å². The Labute approximate surface area is 94.8 Å². The van der Waals surface area contributed by atoms with Crippen molar-refractivity contribution < 1.29 is 18.3 Å². The summed E-state index contributed by atoms with van der Waals surface area (Å²) in [6, 6.07) is 8.59. The summed E-state index contributed by atoms with van der Waals surface area (Å²) in [4.78, 5) is 10.8. The smallest absolute Gasteiger partial charge is 0.321 e. The monoisotopic (exact) mass is 242 g/mol. The van der Waals surface area contributed by atoms with Crippen LogP contribution in [0.3, 0.4) is 0 Å². The van der Waals surface area contributed by atoms with E-state index in [1.165, 1.54) is 0 Å². The van der Waals surface area contributed by atoms with Gasteiger partial charge in [-0.1, -0.05) is 37.3 Å². The molecule has 1 aromatic rings. The minimum Gasteiger partial charge on any atom is -0.480 e. The standard InChI is InChI=1S/C11H14O4S/c1-2-10(11(12)13)16(14,15)8-9-6-4-3-5-7-9/h3-7,10H,2,8H2,1H3,(H,12,13). The van der Waals surface area contributed by atoms with Crippen LogP contribution < -0.4 is 0 Å². The van der Waals surface area contributed by atoms with E-state index in [4.69, 9.17) is 5.11 Å². The Morgan fingerprint density at radius 3 is 2.31 bits per heavy atom. The number of rotatable bonds is 5. The Morgan fingerprint density at radius 2 is 1.88 bits per heavy atom. The van der Waals surface area contributed by atoms with Crippen molar-refractivity contribution in [2.24, 2.45) is 0 Å². The zero-order valence-corrected chi connectivity index (χ0v) is 9.78. The maximum Gasteiger partial charge on any atom is 0.321 e. The Hall–Kier alpha value is -1.36. The van der Waals surface area contributed by atoms with Gasteiger partial charge in [0, 0.05) is 0 Å². The van der Waals surface area contributed by atoms with E-state index in [9.17, 15) is 13.2 Å². The van der Waals surface area contributed by atoms with E-state index < -0.39 is 21.1 Å². The highest BCUT2D eigenvalue weighted by atomic mass is 32.2. The van der Waals surface area contributed by atoms with Gasteiger partial charge in [0.1, 0.15) is 0 Å². The lowest BCUT2D eigenvalue weighted by atomic mass is 10.2. The zero-order valence-electron chi connectivity index (χ0n) is 8.96. The first kappa shape index (κ1) is 12.7. The van der Waals surface area contributed by atoms with Crippen LogP contribution in [0.15, 0.2) is 30.3 Å². The summed E-state index contributed by atoms with van der Waals surface area (Å²) in [6.07, 6.45) is 0.0878. The largest absolute Gasteiger partial charge is 0.480 e. The van der Waals surface area contributed by atoms with Crippen molar-refractivity contribution in [3.8, 4) is 0 Å². The van der Waals surface area contributed by atoms with Crippen LogP contribution in [0.2, 0.25) is 0 Å². The average molecular weight is 242 g/mol. The summed E-state index contributed by atoms with van der Waals surface area (Å²) in [5.41, 5.74) is 0.613. The molecule has 1 atom stereocenters. The summed E-state index contributed by atoms with van der Waals surface area (Å²) in [5, 5.41) is 7.50. The van der Waals surface area contributed by atoms with E-state index in [-0.39, 0.29) is 12.2 Å².